The first kappa shape index (κ1) is 10.4. The lowest BCUT2D eigenvalue weighted by Crippen LogP contribution is -2.21. The van der Waals surface area contributed by atoms with Crippen LogP contribution in [0.3, 0.4) is 0 Å². The van der Waals surface area contributed by atoms with Crippen LogP contribution in [0.5, 0.6) is 0 Å². The fraction of sp³-hybridized carbons (Fsp3) is 0.667. The predicted octanol–water partition coefficient (Wildman–Crippen LogP) is 1.58. The van der Waals surface area contributed by atoms with Crippen molar-refractivity contribution in [2.24, 2.45) is 0 Å². The molecule has 0 radical (unpaired) electrons. The molecular formula is C6H8F3N3S. The van der Waals surface area contributed by atoms with E-state index in [1.54, 1.807) is 5.38 Å². The summed E-state index contributed by atoms with van der Waals surface area (Å²) in [4.78, 5) is 0. The average molecular weight is 211 g/mol. The van der Waals surface area contributed by atoms with Gasteiger partial charge in [-0.1, -0.05) is 4.49 Å². The number of halogens is 3. The summed E-state index contributed by atoms with van der Waals surface area (Å²) in [6, 6.07) is 0. The number of hydrogen-bond donors (Lipinski definition) is 1. The molecule has 0 fully saturated rings. The van der Waals surface area contributed by atoms with Crippen molar-refractivity contribution in [1.29, 1.82) is 0 Å². The van der Waals surface area contributed by atoms with Crippen molar-refractivity contribution >= 4 is 11.5 Å². The van der Waals surface area contributed by atoms with Crippen molar-refractivity contribution < 1.29 is 13.2 Å². The molecule has 1 heterocycles. The van der Waals surface area contributed by atoms with Gasteiger partial charge in [-0.05, 0) is 11.5 Å². The van der Waals surface area contributed by atoms with E-state index in [1.165, 1.54) is 11.5 Å². The van der Waals surface area contributed by atoms with Crippen LogP contribution in [0, 0.1) is 0 Å². The summed E-state index contributed by atoms with van der Waals surface area (Å²) in [5, 5.41) is 8.00. The van der Waals surface area contributed by atoms with E-state index in [-0.39, 0.29) is 6.54 Å². The third-order valence-corrected chi connectivity index (χ3v) is 1.85. The molecule has 3 nitrogen and oxygen atoms in total. The van der Waals surface area contributed by atoms with Gasteiger partial charge in [0.2, 0.25) is 0 Å². The van der Waals surface area contributed by atoms with Crippen LogP contribution in [0.4, 0.5) is 13.2 Å². The van der Waals surface area contributed by atoms with Gasteiger partial charge in [0.15, 0.2) is 0 Å². The molecule has 1 N–H and O–H groups in total. The highest BCUT2D eigenvalue weighted by Crippen LogP contribution is 2.18. The molecular weight excluding hydrogens is 203 g/mol. The monoisotopic (exact) mass is 211 g/mol. The van der Waals surface area contributed by atoms with Crippen LogP contribution < -0.4 is 5.32 Å². The van der Waals surface area contributed by atoms with Gasteiger partial charge in [-0.25, -0.2) is 0 Å². The number of hydrogen-bond acceptors (Lipinski definition) is 4. The average Bonchev–Trinajstić information content (AvgIpc) is 2.48. The lowest BCUT2D eigenvalue weighted by atomic mass is 10.4. The first-order valence-electron chi connectivity index (χ1n) is 3.61. The largest absolute Gasteiger partial charge is 0.390 e. The zero-order chi connectivity index (χ0) is 9.73. The van der Waals surface area contributed by atoms with E-state index in [2.05, 4.69) is 14.9 Å². The maximum atomic E-state index is 11.7. The number of rotatable bonds is 4. The van der Waals surface area contributed by atoms with Crippen LogP contribution in [-0.4, -0.2) is 22.3 Å². The molecule has 0 atom stereocenters. The summed E-state index contributed by atoms with van der Waals surface area (Å²) >= 11 is 1.18. The molecule has 1 aromatic rings. The lowest BCUT2D eigenvalue weighted by molar-refractivity contribution is -0.133. The van der Waals surface area contributed by atoms with Gasteiger partial charge in [0, 0.05) is 18.5 Å². The summed E-state index contributed by atoms with van der Waals surface area (Å²) in [6.07, 6.45) is -4.90. The second kappa shape index (κ2) is 4.52. The van der Waals surface area contributed by atoms with Gasteiger partial charge in [-0.2, -0.15) is 13.2 Å². The predicted molar refractivity (Wildman–Crippen MR) is 42.3 cm³/mol. The summed E-state index contributed by atoms with van der Waals surface area (Å²) in [5.41, 5.74) is 0.673. The third-order valence-electron chi connectivity index (χ3n) is 1.30. The molecule has 0 aliphatic heterocycles. The summed E-state index contributed by atoms with van der Waals surface area (Å²) < 4.78 is 38.5. The maximum Gasteiger partial charge on any atom is 0.390 e. The molecule has 0 aromatic carbocycles. The second-order valence-corrected chi connectivity index (χ2v) is 3.05. The van der Waals surface area contributed by atoms with E-state index in [0.717, 1.165) is 0 Å². The Morgan fingerprint density at radius 2 is 2.23 bits per heavy atom. The van der Waals surface area contributed by atoms with Gasteiger partial charge >= 0.3 is 6.18 Å². The van der Waals surface area contributed by atoms with E-state index in [0.29, 0.717) is 12.2 Å². The smallest absolute Gasteiger partial charge is 0.311 e. The van der Waals surface area contributed by atoms with Crippen molar-refractivity contribution in [1.82, 2.24) is 14.9 Å². The fourth-order valence-electron chi connectivity index (χ4n) is 0.708. The van der Waals surface area contributed by atoms with E-state index in [4.69, 9.17) is 0 Å². The molecule has 0 spiro atoms. The lowest BCUT2D eigenvalue weighted by Gasteiger charge is -2.05. The van der Waals surface area contributed by atoms with E-state index in [1.807, 2.05) is 0 Å². The molecule has 1 rings (SSSR count). The summed E-state index contributed by atoms with van der Waals surface area (Å²) in [7, 11) is 0. The van der Waals surface area contributed by atoms with Crippen molar-refractivity contribution in [2.45, 2.75) is 19.1 Å². The molecule has 7 heteroatoms. The van der Waals surface area contributed by atoms with E-state index in [9.17, 15) is 13.2 Å². The van der Waals surface area contributed by atoms with Gasteiger partial charge in [-0.3, -0.25) is 0 Å². The van der Waals surface area contributed by atoms with Crippen LogP contribution >= 0.6 is 11.5 Å². The van der Waals surface area contributed by atoms with Crippen LogP contribution in [0.1, 0.15) is 12.1 Å². The van der Waals surface area contributed by atoms with Crippen LogP contribution in [0.15, 0.2) is 5.38 Å². The van der Waals surface area contributed by atoms with Crippen LogP contribution in [-0.2, 0) is 6.54 Å². The van der Waals surface area contributed by atoms with Crippen molar-refractivity contribution in [2.75, 3.05) is 6.54 Å². The van der Waals surface area contributed by atoms with Gasteiger partial charge in [-0.15, -0.1) is 5.10 Å². The van der Waals surface area contributed by atoms with Crippen molar-refractivity contribution in [3.05, 3.63) is 11.1 Å². The number of aromatic nitrogens is 2. The first-order chi connectivity index (χ1) is 6.08. The van der Waals surface area contributed by atoms with Crippen LogP contribution in [0.25, 0.3) is 0 Å². The fourth-order valence-corrected chi connectivity index (χ4v) is 1.16. The Bertz CT molecular complexity index is 234. The number of nitrogens with zero attached hydrogens (tertiary/aromatic N) is 2. The number of alkyl halides is 3. The molecule has 74 valence electrons. The SMILES string of the molecule is FC(F)(F)CCNCc1csnn1. The Hall–Kier alpha value is -0.690. The first-order valence-corrected chi connectivity index (χ1v) is 4.45. The van der Waals surface area contributed by atoms with Gasteiger partial charge < -0.3 is 5.32 Å². The molecule has 0 saturated carbocycles. The zero-order valence-corrected chi connectivity index (χ0v) is 7.45. The highest BCUT2D eigenvalue weighted by Gasteiger charge is 2.25. The summed E-state index contributed by atoms with van der Waals surface area (Å²) in [6.45, 7) is 0.258. The van der Waals surface area contributed by atoms with Gasteiger partial charge in [0.05, 0.1) is 12.1 Å². The number of nitrogens with one attached hydrogen (secondary N) is 1. The Kier molecular flexibility index (Phi) is 3.61. The minimum absolute atomic E-state index is 0.0823. The highest BCUT2D eigenvalue weighted by molar-refractivity contribution is 7.03. The molecule has 13 heavy (non-hydrogen) atoms. The Morgan fingerprint density at radius 1 is 1.46 bits per heavy atom. The maximum absolute atomic E-state index is 11.7. The van der Waals surface area contributed by atoms with Crippen molar-refractivity contribution in [3.8, 4) is 0 Å². The minimum Gasteiger partial charge on any atom is -0.311 e. The normalized spacial score (nSPS) is 11.9. The van der Waals surface area contributed by atoms with Gasteiger partial charge in [0.1, 0.15) is 0 Å². The third kappa shape index (κ3) is 4.79. The topological polar surface area (TPSA) is 37.8 Å². The molecule has 0 aliphatic carbocycles. The Balaban J connectivity index is 2.09. The minimum atomic E-state index is -4.09. The van der Waals surface area contributed by atoms with E-state index >= 15 is 0 Å². The molecule has 0 aliphatic rings. The Morgan fingerprint density at radius 3 is 2.77 bits per heavy atom. The van der Waals surface area contributed by atoms with Crippen LogP contribution in [0.2, 0.25) is 0 Å². The Labute approximate surface area is 77.1 Å². The quantitative estimate of drug-likeness (QED) is 0.768. The summed E-state index contributed by atoms with van der Waals surface area (Å²) in [5.74, 6) is 0. The second-order valence-electron chi connectivity index (χ2n) is 2.44. The molecule has 0 amide bonds. The zero-order valence-electron chi connectivity index (χ0n) is 6.64. The molecule has 0 bridgehead atoms. The van der Waals surface area contributed by atoms with Crippen molar-refractivity contribution in [3.63, 3.8) is 0 Å². The van der Waals surface area contributed by atoms with Gasteiger partial charge in [0.25, 0.3) is 0 Å². The highest BCUT2D eigenvalue weighted by atomic mass is 32.1. The van der Waals surface area contributed by atoms with E-state index < -0.39 is 12.6 Å². The molecule has 0 saturated heterocycles. The molecule has 0 unspecified atom stereocenters. The standard InChI is InChI=1S/C6H8F3N3S/c7-6(8,9)1-2-10-3-5-4-13-12-11-5/h4,10H,1-3H2. The molecule has 1 aromatic heterocycles.